The van der Waals surface area contributed by atoms with Crippen LogP contribution in [-0.4, -0.2) is 14.2 Å². The van der Waals surface area contributed by atoms with Crippen LogP contribution < -0.4 is 9.47 Å². The molecule has 3 unspecified atom stereocenters. The largest absolute Gasteiger partial charge is 0.493 e. The van der Waals surface area contributed by atoms with Crippen molar-refractivity contribution >= 4 is 15.9 Å². The van der Waals surface area contributed by atoms with Crippen LogP contribution in [-0.2, 0) is 0 Å². The van der Waals surface area contributed by atoms with Gasteiger partial charge in [-0.25, -0.2) is 0 Å². The molecular formula is C16H21BrO2. The second kappa shape index (κ2) is 5.35. The lowest BCUT2D eigenvalue weighted by molar-refractivity contribution is 0.354. The number of fused-ring (bicyclic) bond motifs is 1. The number of methoxy groups -OCH3 is 2. The molecule has 2 aliphatic rings. The van der Waals surface area contributed by atoms with Crippen LogP contribution in [0.3, 0.4) is 0 Å². The number of ether oxygens (including phenoxy) is 2. The minimum atomic E-state index is 0.459. The first-order chi connectivity index (χ1) is 9.26. The fraction of sp³-hybridized carbons (Fsp3) is 0.625. The van der Waals surface area contributed by atoms with Crippen molar-refractivity contribution in [3.8, 4) is 11.5 Å². The van der Waals surface area contributed by atoms with Crippen LogP contribution in [0.1, 0.15) is 36.1 Å². The summed E-state index contributed by atoms with van der Waals surface area (Å²) >= 11 is 3.92. The summed E-state index contributed by atoms with van der Waals surface area (Å²) in [5.41, 5.74) is 1.32. The maximum atomic E-state index is 5.40. The van der Waals surface area contributed by atoms with E-state index in [0.717, 1.165) is 29.3 Å². The Labute approximate surface area is 123 Å². The number of hydrogen-bond acceptors (Lipinski definition) is 2. The standard InChI is InChI=1S/C16H21BrO2/c1-18-13-8-7-10(9-14(13)19-2)16(17)15-11-5-3-4-6-12(11)15/h7-9,11-12,15-16H,3-6H2,1-2H3. The first-order valence-corrected chi connectivity index (χ1v) is 8.04. The van der Waals surface area contributed by atoms with E-state index in [1.165, 1.54) is 31.2 Å². The zero-order valence-corrected chi connectivity index (χ0v) is 13.2. The topological polar surface area (TPSA) is 18.5 Å². The molecule has 104 valence electrons. The maximum absolute atomic E-state index is 5.40. The van der Waals surface area contributed by atoms with Crippen molar-refractivity contribution in [3.63, 3.8) is 0 Å². The van der Waals surface area contributed by atoms with E-state index in [4.69, 9.17) is 9.47 Å². The van der Waals surface area contributed by atoms with Crippen LogP contribution in [0.15, 0.2) is 18.2 Å². The van der Waals surface area contributed by atoms with Crippen LogP contribution in [0, 0.1) is 17.8 Å². The highest BCUT2D eigenvalue weighted by atomic mass is 79.9. The summed E-state index contributed by atoms with van der Waals surface area (Å²) in [6.45, 7) is 0. The van der Waals surface area contributed by atoms with Gasteiger partial charge in [0.25, 0.3) is 0 Å². The van der Waals surface area contributed by atoms with E-state index in [2.05, 4.69) is 28.1 Å². The average Bonchev–Trinajstić information content (AvgIpc) is 3.20. The molecule has 2 aliphatic carbocycles. The quantitative estimate of drug-likeness (QED) is 0.755. The van der Waals surface area contributed by atoms with E-state index in [1.54, 1.807) is 14.2 Å². The predicted octanol–water partition coefficient (Wildman–Crippen LogP) is 4.58. The summed E-state index contributed by atoms with van der Waals surface area (Å²) in [5.74, 6) is 4.35. The van der Waals surface area contributed by atoms with Crippen LogP contribution in [0.2, 0.25) is 0 Å². The van der Waals surface area contributed by atoms with Gasteiger partial charge < -0.3 is 9.47 Å². The number of halogens is 1. The highest BCUT2D eigenvalue weighted by Crippen LogP contribution is 2.62. The lowest BCUT2D eigenvalue weighted by atomic mass is 10.0. The molecule has 2 saturated carbocycles. The molecule has 0 amide bonds. The van der Waals surface area contributed by atoms with Gasteiger partial charge in [0.15, 0.2) is 11.5 Å². The van der Waals surface area contributed by atoms with Gasteiger partial charge in [0.2, 0.25) is 0 Å². The Kier molecular flexibility index (Phi) is 3.75. The highest BCUT2D eigenvalue weighted by Gasteiger charge is 2.53. The van der Waals surface area contributed by atoms with Crippen molar-refractivity contribution in [2.75, 3.05) is 14.2 Å². The fourth-order valence-corrected chi connectivity index (χ4v) is 4.80. The molecule has 2 fully saturated rings. The van der Waals surface area contributed by atoms with Crippen molar-refractivity contribution in [1.29, 1.82) is 0 Å². The molecule has 0 aromatic heterocycles. The van der Waals surface area contributed by atoms with Gasteiger partial charge in [-0.05, 0) is 48.3 Å². The lowest BCUT2D eigenvalue weighted by Crippen LogP contribution is -1.98. The Balaban J connectivity index is 1.78. The smallest absolute Gasteiger partial charge is 0.161 e. The van der Waals surface area contributed by atoms with Gasteiger partial charge in [0, 0.05) is 4.83 Å². The number of hydrogen-bond donors (Lipinski definition) is 0. The molecule has 3 heteroatoms. The molecule has 19 heavy (non-hydrogen) atoms. The fourth-order valence-electron chi connectivity index (χ4n) is 3.73. The van der Waals surface area contributed by atoms with Gasteiger partial charge in [-0.2, -0.15) is 0 Å². The predicted molar refractivity (Wildman–Crippen MR) is 80.2 cm³/mol. The molecule has 3 rings (SSSR count). The van der Waals surface area contributed by atoms with Crippen LogP contribution in [0.25, 0.3) is 0 Å². The summed E-state index contributed by atoms with van der Waals surface area (Å²) < 4.78 is 10.7. The third-order valence-electron chi connectivity index (χ3n) is 4.79. The first kappa shape index (κ1) is 13.3. The molecule has 0 aliphatic heterocycles. The molecule has 3 atom stereocenters. The molecule has 0 saturated heterocycles. The van der Waals surface area contributed by atoms with Crippen molar-refractivity contribution in [2.24, 2.45) is 17.8 Å². The van der Waals surface area contributed by atoms with Gasteiger partial charge in [-0.15, -0.1) is 0 Å². The van der Waals surface area contributed by atoms with Gasteiger partial charge in [-0.1, -0.05) is 34.8 Å². The summed E-state index contributed by atoms with van der Waals surface area (Å²) in [7, 11) is 3.38. The third kappa shape index (κ3) is 2.37. The van der Waals surface area contributed by atoms with E-state index in [1.807, 2.05) is 6.07 Å². The Hall–Kier alpha value is -0.700. The third-order valence-corrected chi connectivity index (χ3v) is 5.93. The van der Waals surface area contributed by atoms with Gasteiger partial charge in [0.1, 0.15) is 0 Å². The van der Waals surface area contributed by atoms with E-state index >= 15 is 0 Å². The minimum Gasteiger partial charge on any atom is -0.493 e. The van der Waals surface area contributed by atoms with E-state index < -0.39 is 0 Å². The number of rotatable bonds is 4. The van der Waals surface area contributed by atoms with Crippen molar-refractivity contribution in [3.05, 3.63) is 23.8 Å². The number of benzene rings is 1. The Morgan fingerprint density at radius 2 is 1.68 bits per heavy atom. The maximum Gasteiger partial charge on any atom is 0.161 e. The van der Waals surface area contributed by atoms with Gasteiger partial charge >= 0.3 is 0 Å². The second-order valence-electron chi connectivity index (χ2n) is 5.71. The van der Waals surface area contributed by atoms with Crippen molar-refractivity contribution < 1.29 is 9.47 Å². The summed E-state index contributed by atoms with van der Waals surface area (Å²) in [5, 5.41) is 0. The van der Waals surface area contributed by atoms with Crippen molar-refractivity contribution in [2.45, 2.75) is 30.5 Å². The Morgan fingerprint density at radius 3 is 2.26 bits per heavy atom. The zero-order chi connectivity index (χ0) is 13.4. The highest BCUT2D eigenvalue weighted by molar-refractivity contribution is 9.09. The lowest BCUT2D eigenvalue weighted by Gasteiger charge is -2.14. The Morgan fingerprint density at radius 1 is 1.05 bits per heavy atom. The van der Waals surface area contributed by atoms with Crippen molar-refractivity contribution in [1.82, 2.24) is 0 Å². The van der Waals surface area contributed by atoms with Gasteiger partial charge in [-0.3, -0.25) is 0 Å². The SMILES string of the molecule is COc1ccc(C(Br)C2C3CCCCC32)cc1OC. The van der Waals surface area contributed by atoms with Crippen LogP contribution >= 0.6 is 15.9 Å². The molecule has 0 N–H and O–H groups in total. The van der Waals surface area contributed by atoms with Crippen LogP contribution in [0.4, 0.5) is 0 Å². The second-order valence-corrected chi connectivity index (χ2v) is 6.69. The monoisotopic (exact) mass is 324 g/mol. The normalized spacial score (nSPS) is 30.4. The molecule has 0 radical (unpaired) electrons. The molecule has 0 bridgehead atoms. The molecule has 1 aromatic rings. The molecule has 0 spiro atoms. The minimum absolute atomic E-state index is 0.459. The summed E-state index contributed by atoms with van der Waals surface area (Å²) in [4.78, 5) is 0.459. The zero-order valence-electron chi connectivity index (χ0n) is 11.6. The van der Waals surface area contributed by atoms with Gasteiger partial charge in [0.05, 0.1) is 14.2 Å². The van der Waals surface area contributed by atoms with E-state index in [9.17, 15) is 0 Å². The molecule has 2 nitrogen and oxygen atoms in total. The van der Waals surface area contributed by atoms with E-state index in [-0.39, 0.29) is 0 Å². The molecular weight excluding hydrogens is 304 g/mol. The number of alkyl halides is 1. The summed E-state index contributed by atoms with van der Waals surface area (Å²) in [6, 6.07) is 6.28. The van der Waals surface area contributed by atoms with E-state index in [0.29, 0.717) is 4.83 Å². The summed E-state index contributed by atoms with van der Waals surface area (Å²) in [6.07, 6.45) is 5.68. The molecule has 1 aromatic carbocycles. The van der Waals surface area contributed by atoms with Crippen LogP contribution in [0.5, 0.6) is 11.5 Å². The first-order valence-electron chi connectivity index (χ1n) is 7.12. The molecule has 0 heterocycles. The Bertz CT molecular complexity index is 448. The average molecular weight is 325 g/mol.